The van der Waals surface area contributed by atoms with Crippen molar-refractivity contribution in [1.82, 2.24) is 24.5 Å². The first kappa shape index (κ1) is 19.1. The predicted octanol–water partition coefficient (Wildman–Crippen LogP) is 2.16. The van der Waals surface area contributed by atoms with E-state index < -0.39 is 5.91 Å². The molecule has 0 aliphatic rings. The average Bonchev–Trinajstić information content (AvgIpc) is 3.31. The summed E-state index contributed by atoms with van der Waals surface area (Å²) in [6, 6.07) is 19.1. The number of benzene rings is 2. The Morgan fingerprint density at radius 2 is 1.80 bits per heavy atom. The number of para-hydroxylation sites is 1. The zero-order valence-electron chi connectivity index (χ0n) is 15.9. The van der Waals surface area contributed by atoms with Crippen molar-refractivity contribution in [2.45, 2.75) is 6.54 Å². The van der Waals surface area contributed by atoms with E-state index in [1.54, 1.807) is 35.3 Å². The van der Waals surface area contributed by atoms with Crippen molar-refractivity contribution in [3.05, 3.63) is 95.4 Å². The molecule has 2 aromatic carbocycles. The van der Waals surface area contributed by atoms with Crippen LogP contribution in [0, 0.1) is 0 Å². The van der Waals surface area contributed by atoms with Crippen molar-refractivity contribution in [3.63, 3.8) is 0 Å². The first-order chi connectivity index (χ1) is 14.7. The zero-order chi connectivity index (χ0) is 20.8. The molecule has 2 aromatic heterocycles. The summed E-state index contributed by atoms with van der Waals surface area (Å²) in [7, 11) is 0. The molecule has 0 atom stereocenters. The molecule has 0 radical (unpaired) electrons. The second kappa shape index (κ2) is 8.82. The molecule has 30 heavy (non-hydrogen) atoms. The number of nitrogens with zero attached hydrogens (tertiary/aromatic N) is 5. The predicted molar refractivity (Wildman–Crippen MR) is 110 cm³/mol. The molecular weight excluding hydrogens is 384 g/mol. The number of ether oxygens (including phenoxy) is 1. The van der Waals surface area contributed by atoms with Gasteiger partial charge >= 0.3 is 0 Å². The molecule has 0 aliphatic heterocycles. The van der Waals surface area contributed by atoms with E-state index in [4.69, 9.17) is 4.74 Å². The number of aromatic nitrogens is 5. The van der Waals surface area contributed by atoms with Crippen LogP contribution in [0.5, 0.6) is 5.75 Å². The molecule has 150 valence electrons. The highest BCUT2D eigenvalue weighted by Gasteiger charge is 2.10. The lowest BCUT2D eigenvalue weighted by Gasteiger charge is -2.09. The van der Waals surface area contributed by atoms with E-state index in [9.17, 15) is 9.59 Å². The molecule has 0 saturated carbocycles. The lowest BCUT2D eigenvalue weighted by Crippen LogP contribution is -2.28. The molecule has 2 heterocycles. The number of nitrogens with one attached hydrogen (secondary N) is 1. The molecule has 4 rings (SSSR count). The maximum atomic E-state index is 12.5. The Morgan fingerprint density at radius 3 is 2.53 bits per heavy atom. The molecule has 9 nitrogen and oxygen atoms in total. The van der Waals surface area contributed by atoms with Crippen molar-refractivity contribution in [2.24, 2.45) is 0 Å². The van der Waals surface area contributed by atoms with Gasteiger partial charge in [0.2, 0.25) is 0 Å². The Labute approximate surface area is 171 Å². The third-order valence-corrected chi connectivity index (χ3v) is 4.22. The second-order valence-electron chi connectivity index (χ2n) is 6.28. The molecule has 9 heteroatoms. The number of carbonyl (C=O) groups is 1. The minimum absolute atomic E-state index is 0.134. The average molecular weight is 402 g/mol. The van der Waals surface area contributed by atoms with Crippen LogP contribution in [0.15, 0.2) is 84.2 Å². The second-order valence-corrected chi connectivity index (χ2v) is 6.28. The van der Waals surface area contributed by atoms with Crippen LogP contribution in [0.25, 0.3) is 5.69 Å². The van der Waals surface area contributed by atoms with Crippen molar-refractivity contribution in [3.8, 4) is 11.4 Å². The van der Waals surface area contributed by atoms with Crippen LogP contribution in [0.1, 0.15) is 10.5 Å². The topological polar surface area (TPSA) is 104 Å². The number of anilines is 1. The molecule has 4 aromatic rings. The number of hydrogen-bond acceptors (Lipinski definition) is 6. The van der Waals surface area contributed by atoms with Gasteiger partial charge in [-0.05, 0) is 42.5 Å². The van der Waals surface area contributed by atoms with Gasteiger partial charge in [0.15, 0.2) is 0 Å². The fourth-order valence-electron chi connectivity index (χ4n) is 2.73. The number of amides is 1. The Balaban J connectivity index is 1.40. The summed E-state index contributed by atoms with van der Waals surface area (Å²) in [6.07, 6.45) is 3.03. The van der Waals surface area contributed by atoms with Gasteiger partial charge in [-0.1, -0.05) is 18.2 Å². The van der Waals surface area contributed by atoms with Gasteiger partial charge in [-0.3, -0.25) is 9.59 Å². The molecule has 0 spiro atoms. The molecule has 0 unspecified atom stereocenters. The smallest absolute Gasteiger partial charge is 0.276 e. The summed E-state index contributed by atoms with van der Waals surface area (Å²) in [5.41, 5.74) is 1.24. The fourth-order valence-corrected chi connectivity index (χ4v) is 2.73. The van der Waals surface area contributed by atoms with Gasteiger partial charge in [-0.15, -0.1) is 0 Å². The van der Waals surface area contributed by atoms with Gasteiger partial charge in [-0.25, -0.2) is 14.3 Å². The van der Waals surface area contributed by atoms with E-state index in [2.05, 4.69) is 20.5 Å². The minimum Gasteiger partial charge on any atom is -0.492 e. The summed E-state index contributed by atoms with van der Waals surface area (Å²) in [5, 5.41) is 11.0. The highest BCUT2D eigenvalue weighted by molar-refractivity contribution is 6.02. The molecule has 0 fully saturated rings. The SMILES string of the molecule is O=C(Nc1ccc(-n2cncn2)cc1)c1ccc(=O)n(CCOc2ccccc2)n1. The van der Waals surface area contributed by atoms with Gasteiger partial charge < -0.3 is 10.1 Å². The van der Waals surface area contributed by atoms with Crippen LogP contribution in [0.4, 0.5) is 5.69 Å². The van der Waals surface area contributed by atoms with Gasteiger partial charge in [0.25, 0.3) is 11.5 Å². The van der Waals surface area contributed by atoms with Gasteiger partial charge in [-0.2, -0.15) is 10.2 Å². The van der Waals surface area contributed by atoms with Crippen LogP contribution in [-0.2, 0) is 6.54 Å². The highest BCUT2D eigenvalue weighted by Crippen LogP contribution is 2.13. The van der Waals surface area contributed by atoms with Crippen LogP contribution in [-0.4, -0.2) is 37.1 Å². The monoisotopic (exact) mass is 402 g/mol. The standard InChI is InChI=1S/C21H18N6O3/c28-20-11-10-19(25-26(20)12-13-30-18-4-2-1-3-5-18)21(29)24-16-6-8-17(9-7-16)27-15-22-14-23-27/h1-11,14-15H,12-13H2,(H,24,29). The first-order valence-corrected chi connectivity index (χ1v) is 9.21. The summed E-state index contributed by atoms with van der Waals surface area (Å²) < 4.78 is 8.42. The maximum Gasteiger partial charge on any atom is 0.276 e. The molecule has 1 N–H and O–H groups in total. The van der Waals surface area contributed by atoms with Crippen molar-refractivity contribution in [1.29, 1.82) is 0 Å². The number of hydrogen-bond donors (Lipinski definition) is 1. The van der Waals surface area contributed by atoms with Crippen LogP contribution >= 0.6 is 0 Å². The zero-order valence-corrected chi connectivity index (χ0v) is 15.9. The first-order valence-electron chi connectivity index (χ1n) is 9.21. The third-order valence-electron chi connectivity index (χ3n) is 4.22. The van der Waals surface area contributed by atoms with E-state index in [0.29, 0.717) is 11.4 Å². The van der Waals surface area contributed by atoms with Crippen LogP contribution in [0.2, 0.25) is 0 Å². The van der Waals surface area contributed by atoms with E-state index >= 15 is 0 Å². The molecular formula is C21H18N6O3. The van der Waals surface area contributed by atoms with Gasteiger partial charge in [0, 0.05) is 11.8 Å². The fraction of sp³-hybridized carbons (Fsp3) is 0.0952. The summed E-state index contributed by atoms with van der Waals surface area (Å²) in [4.78, 5) is 28.5. The van der Waals surface area contributed by atoms with Crippen molar-refractivity contribution >= 4 is 11.6 Å². The normalized spacial score (nSPS) is 10.5. The summed E-state index contributed by atoms with van der Waals surface area (Å²) in [6.45, 7) is 0.479. The van der Waals surface area contributed by atoms with Gasteiger partial charge in [0.1, 0.15) is 30.7 Å². The molecule has 0 saturated heterocycles. The van der Waals surface area contributed by atoms with E-state index in [1.165, 1.54) is 23.1 Å². The number of rotatable bonds is 7. The van der Waals surface area contributed by atoms with Crippen LogP contribution in [0.3, 0.4) is 0 Å². The Bertz CT molecular complexity index is 1170. The van der Waals surface area contributed by atoms with Gasteiger partial charge in [0.05, 0.1) is 12.2 Å². The maximum absolute atomic E-state index is 12.5. The van der Waals surface area contributed by atoms with Crippen LogP contribution < -0.4 is 15.6 Å². The van der Waals surface area contributed by atoms with E-state index in [1.807, 2.05) is 30.3 Å². The van der Waals surface area contributed by atoms with E-state index in [-0.39, 0.29) is 24.4 Å². The summed E-state index contributed by atoms with van der Waals surface area (Å²) >= 11 is 0. The number of carbonyl (C=O) groups excluding carboxylic acids is 1. The largest absolute Gasteiger partial charge is 0.492 e. The van der Waals surface area contributed by atoms with Crippen molar-refractivity contribution in [2.75, 3.05) is 11.9 Å². The Kier molecular flexibility index (Phi) is 5.61. The quantitative estimate of drug-likeness (QED) is 0.508. The Morgan fingerprint density at radius 1 is 1.00 bits per heavy atom. The lowest BCUT2D eigenvalue weighted by molar-refractivity contribution is 0.101. The highest BCUT2D eigenvalue weighted by atomic mass is 16.5. The minimum atomic E-state index is -0.416. The lowest BCUT2D eigenvalue weighted by atomic mass is 10.2. The molecule has 1 amide bonds. The summed E-state index contributed by atoms with van der Waals surface area (Å²) in [5.74, 6) is 0.287. The Hall–Kier alpha value is -4.27. The molecule has 0 bridgehead atoms. The van der Waals surface area contributed by atoms with Crippen molar-refractivity contribution < 1.29 is 9.53 Å². The van der Waals surface area contributed by atoms with E-state index in [0.717, 1.165) is 5.69 Å². The molecule has 0 aliphatic carbocycles. The third kappa shape index (κ3) is 4.58.